The number of aromatic nitrogens is 2. The lowest BCUT2D eigenvalue weighted by molar-refractivity contribution is -0.136. The summed E-state index contributed by atoms with van der Waals surface area (Å²) in [6.45, 7) is 0. The molecule has 0 aromatic carbocycles. The van der Waals surface area contributed by atoms with Crippen LogP contribution in [-0.4, -0.2) is 21.0 Å². The van der Waals surface area contributed by atoms with Gasteiger partial charge in [0.1, 0.15) is 0 Å². The van der Waals surface area contributed by atoms with Gasteiger partial charge in [0.2, 0.25) is 0 Å². The molecule has 1 saturated carbocycles. The first-order valence-electron chi connectivity index (χ1n) is 4.47. The number of carboxylic acid groups (broad SMARTS) is 1. The fourth-order valence-corrected chi connectivity index (χ4v) is 1.38. The number of aliphatic carboxylic acids is 1. The van der Waals surface area contributed by atoms with Crippen LogP contribution in [0.2, 0.25) is 0 Å². The number of H-pyrrole nitrogens is 1. The zero-order chi connectivity index (χ0) is 10.1. The number of hydrogen-bond acceptors (Lipinski definition) is 3. The molecule has 0 atom stereocenters. The van der Waals surface area contributed by atoms with Gasteiger partial charge in [-0.05, 0) is 18.9 Å². The Labute approximate surface area is 79.8 Å². The molecule has 0 aliphatic heterocycles. The van der Waals surface area contributed by atoms with Crippen LogP contribution >= 0.6 is 0 Å². The fourth-order valence-electron chi connectivity index (χ4n) is 1.38. The van der Waals surface area contributed by atoms with Crippen LogP contribution in [0.1, 0.15) is 30.1 Å². The number of carbonyl (C=O) groups is 1. The molecule has 0 amide bonds. The molecule has 1 fully saturated rings. The van der Waals surface area contributed by atoms with Crippen molar-refractivity contribution in [2.75, 3.05) is 0 Å². The first-order chi connectivity index (χ1) is 6.65. The smallest absolute Gasteiger partial charge is 0.345 e. The van der Waals surface area contributed by atoms with E-state index < -0.39 is 11.7 Å². The predicted octanol–water partition coefficient (Wildman–Crippen LogP) is 0.274. The Morgan fingerprint density at radius 2 is 2.36 bits per heavy atom. The third kappa shape index (κ3) is 1.99. The average molecular weight is 194 g/mol. The molecule has 5 nitrogen and oxygen atoms in total. The van der Waals surface area contributed by atoms with Gasteiger partial charge in [0.25, 0.3) is 0 Å². The molecule has 0 unspecified atom stereocenters. The number of nitrogens with zero attached hydrogens (tertiary/aromatic N) is 1. The van der Waals surface area contributed by atoms with E-state index in [0.717, 1.165) is 18.5 Å². The normalized spacial score (nSPS) is 15.4. The average Bonchev–Trinajstić information content (AvgIpc) is 2.82. The van der Waals surface area contributed by atoms with E-state index in [1.165, 1.54) is 0 Å². The largest absolute Gasteiger partial charge is 0.481 e. The molecule has 74 valence electrons. The first kappa shape index (κ1) is 8.93. The Kier molecular flexibility index (Phi) is 2.07. The molecule has 2 rings (SSSR count). The molecule has 0 saturated heterocycles. The highest BCUT2D eigenvalue weighted by molar-refractivity contribution is 5.69. The van der Waals surface area contributed by atoms with Crippen molar-refractivity contribution in [2.45, 2.75) is 25.2 Å². The van der Waals surface area contributed by atoms with Gasteiger partial charge in [0.15, 0.2) is 0 Å². The van der Waals surface area contributed by atoms with Crippen LogP contribution in [0.3, 0.4) is 0 Å². The van der Waals surface area contributed by atoms with Crippen LogP contribution in [0.15, 0.2) is 10.9 Å². The van der Waals surface area contributed by atoms with E-state index in [4.69, 9.17) is 5.11 Å². The number of carboxylic acids is 1. The number of rotatable bonds is 3. The van der Waals surface area contributed by atoms with E-state index in [9.17, 15) is 9.59 Å². The summed E-state index contributed by atoms with van der Waals surface area (Å²) < 4.78 is 0. The van der Waals surface area contributed by atoms with Crippen molar-refractivity contribution in [2.24, 2.45) is 0 Å². The van der Waals surface area contributed by atoms with Crippen molar-refractivity contribution >= 4 is 5.97 Å². The second-order valence-corrected chi connectivity index (χ2v) is 3.48. The molecule has 1 aliphatic carbocycles. The van der Waals surface area contributed by atoms with Gasteiger partial charge >= 0.3 is 11.7 Å². The second-order valence-electron chi connectivity index (χ2n) is 3.48. The summed E-state index contributed by atoms with van der Waals surface area (Å²) in [7, 11) is 0. The summed E-state index contributed by atoms with van der Waals surface area (Å²) in [5, 5.41) is 8.56. The molecule has 1 aromatic heterocycles. The lowest BCUT2D eigenvalue weighted by Gasteiger charge is -1.99. The van der Waals surface area contributed by atoms with E-state index in [0.29, 0.717) is 11.6 Å². The third-order valence-electron chi connectivity index (χ3n) is 2.16. The molecule has 0 bridgehead atoms. The minimum atomic E-state index is -0.950. The van der Waals surface area contributed by atoms with Crippen molar-refractivity contribution < 1.29 is 9.90 Å². The van der Waals surface area contributed by atoms with Crippen molar-refractivity contribution in [3.05, 3.63) is 27.9 Å². The molecular formula is C9H10N2O3. The van der Waals surface area contributed by atoms with Gasteiger partial charge in [-0.25, -0.2) is 4.79 Å². The third-order valence-corrected chi connectivity index (χ3v) is 2.16. The van der Waals surface area contributed by atoms with Gasteiger partial charge in [-0.15, -0.1) is 0 Å². The van der Waals surface area contributed by atoms with E-state index in [1.54, 1.807) is 6.07 Å². The van der Waals surface area contributed by atoms with E-state index in [2.05, 4.69) is 9.97 Å². The Bertz CT molecular complexity index is 420. The monoisotopic (exact) mass is 194 g/mol. The summed E-state index contributed by atoms with van der Waals surface area (Å²) >= 11 is 0. The van der Waals surface area contributed by atoms with Gasteiger partial charge in [-0.3, -0.25) is 4.79 Å². The SMILES string of the molecule is O=C(O)Cc1cc(C2CC2)nc(=O)[nH]1. The molecule has 5 heteroatoms. The van der Waals surface area contributed by atoms with Crippen molar-refractivity contribution in [3.8, 4) is 0 Å². The quantitative estimate of drug-likeness (QED) is 0.723. The Balaban J connectivity index is 2.31. The summed E-state index contributed by atoms with van der Waals surface area (Å²) in [6, 6.07) is 1.67. The van der Waals surface area contributed by atoms with Gasteiger partial charge < -0.3 is 10.1 Å². The summed E-state index contributed by atoms with van der Waals surface area (Å²) in [6.07, 6.45) is 1.93. The highest BCUT2D eigenvalue weighted by atomic mass is 16.4. The number of nitrogens with one attached hydrogen (secondary N) is 1. The van der Waals surface area contributed by atoms with Crippen LogP contribution < -0.4 is 5.69 Å². The van der Waals surface area contributed by atoms with E-state index in [-0.39, 0.29) is 6.42 Å². The van der Waals surface area contributed by atoms with Gasteiger partial charge in [0.05, 0.1) is 12.1 Å². The van der Waals surface area contributed by atoms with Crippen LogP contribution in [0.5, 0.6) is 0 Å². The van der Waals surface area contributed by atoms with Crippen molar-refractivity contribution in [3.63, 3.8) is 0 Å². The molecular weight excluding hydrogens is 184 g/mol. The highest BCUT2D eigenvalue weighted by Crippen LogP contribution is 2.38. The highest BCUT2D eigenvalue weighted by Gasteiger charge is 2.25. The van der Waals surface area contributed by atoms with Crippen LogP contribution in [-0.2, 0) is 11.2 Å². The van der Waals surface area contributed by atoms with Crippen molar-refractivity contribution in [1.82, 2.24) is 9.97 Å². The maximum atomic E-state index is 11.1. The minimum Gasteiger partial charge on any atom is -0.481 e. The molecule has 1 aromatic rings. The number of aromatic amines is 1. The van der Waals surface area contributed by atoms with Crippen molar-refractivity contribution in [1.29, 1.82) is 0 Å². The summed E-state index contributed by atoms with van der Waals surface area (Å²) in [5.74, 6) is -0.585. The molecule has 1 aliphatic rings. The zero-order valence-corrected chi connectivity index (χ0v) is 7.49. The Hall–Kier alpha value is -1.65. The Morgan fingerprint density at radius 1 is 1.64 bits per heavy atom. The Morgan fingerprint density at radius 3 is 2.93 bits per heavy atom. The van der Waals surface area contributed by atoms with Crippen LogP contribution in [0.25, 0.3) is 0 Å². The maximum Gasteiger partial charge on any atom is 0.345 e. The zero-order valence-electron chi connectivity index (χ0n) is 7.49. The lowest BCUT2D eigenvalue weighted by atomic mass is 10.2. The fraction of sp³-hybridized carbons (Fsp3) is 0.444. The lowest BCUT2D eigenvalue weighted by Crippen LogP contribution is -2.16. The predicted molar refractivity (Wildman–Crippen MR) is 48.2 cm³/mol. The first-order valence-corrected chi connectivity index (χ1v) is 4.47. The van der Waals surface area contributed by atoms with E-state index in [1.807, 2.05) is 0 Å². The van der Waals surface area contributed by atoms with Gasteiger partial charge in [-0.1, -0.05) is 0 Å². The number of hydrogen-bond donors (Lipinski definition) is 2. The molecule has 0 radical (unpaired) electrons. The topological polar surface area (TPSA) is 83.0 Å². The molecule has 1 heterocycles. The van der Waals surface area contributed by atoms with Gasteiger partial charge in [-0.2, -0.15) is 4.98 Å². The van der Waals surface area contributed by atoms with E-state index >= 15 is 0 Å². The molecule has 14 heavy (non-hydrogen) atoms. The van der Waals surface area contributed by atoms with Crippen LogP contribution in [0.4, 0.5) is 0 Å². The summed E-state index contributed by atoms with van der Waals surface area (Å²) in [5.41, 5.74) is 0.704. The van der Waals surface area contributed by atoms with Crippen LogP contribution in [0, 0.1) is 0 Å². The van der Waals surface area contributed by atoms with Gasteiger partial charge in [0, 0.05) is 11.6 Å². The minimum absolute atomic E-state index is 0.155. The second kappa shape index (κ2) is 3.25. The maximum absolute atomic E-state index is 11.1. The standard InChI is InChI=1S/C9H10N2O3/c12-8(13)4-6-3-7(5-1-2-5)11-9(14)10-6/h3,5H,1-2,4H2,(H,12,13)(H,10,11,14). The molecule has 2 N–H and O–H groups in total. The summed E-state index contributed by atoms with van der Waals surface area (Å²) in [4.78, 5) is 27.7. The molecule has 0 spiro atoms.